The van der Waals surface area contributed by atoms with Gasteiger partial charge >= 0.3 is 0 Å². The van der Waals surface area contributed by atoms with E-state index in [4.69, 9.17) is 16.3 Å². The molecule has 2 N–H and O–H groups in total. The Bertz CT molecular complexity index is 897. The summed E-state index contributed by atoms with van der Waals surface area (Å²) in [5.41, 5.74) is 3.75. The molecule has 3 rings (SSSR count). The molecule has 0 amide bonds. The van der Waals surface area contributed by atoms with Crippen LogP contribution in [0.1, 0.15) is 18.2 Å². The van der Waals surface area contributed by atoms with Crippen LogP contribution in [-0.4, -0.2) is 16.6 Å². The van der Waals surface area contributed by atoms with Crippen LogP contribution in [0.2, 0.25) is 5.02 Å². The summed E-state index contributed by atoms with van der Waals surface area (Å²) in [7, 11) is 0. The molecule has 0 aliphatic carbocycles. The highest BCUT2D eigenvalue weighted by Crippen LogP contribution is 2.24. The highest BCUT2D eigenvalue weighted by molar-refractivity contribution is 6.30. The van der Waals surface area contributed by atoms with E-state index in [1.807, 2.05) is 69.3 Å². The summed E-state index contributed by atoms with van der Waals surface area (Å²) < 4.78 is 5.46. The second kappa shape index (κ2) is 8.06. The maximum atomic E-state index is 6.01. The summed E-state index contributed by atoms with van der Waals surface area (Å²) in [5, 5.41) is 7.25. The first-order valence-corrected chi connectivity index (χ1v) is 8.80. The largest absolute Gasteiger partial charge is 0.494 e. The molecular formula is C20H21ClN4O. The Kier molecular flexibility index (Phi) is 5.58. The number of halogens is 1. The van der Waals surface area contributed by atoms with Crippen molar-refractivity contribution in [2.45, 2.75) is 20.8 Å². The van der Waals surface area contributed by atoms with Gasteiger partial charge in [-0.2, -0.15) is 4.98 Å². The molecular weight excluding hydrogens is 348 g/mol. The molecule has 0 saturated carbocycles. The van der Waals surface area contributed by atoms with Crippen LogP contribution in [0.15, 0.2) is 48.5 Å². The molecule has 0 spiro atoms. The molecule has 2 aromatic carbocycles. The summed E-state index contributed by atoms with van der Waals surface area (Å²) in [6.45, 7) is 6.54. The quantitative estimate of drug-likeness (QED) is 0.590. The predicted octanol–water partition coefficient (Wildman–Crippen LogP) is 5.63. The molecule has 6 heteroatoms. The second-order valence-corrected chi connectivity index (χ2v) is 6.32. The molecule has 0 atom stereocenters. The minimum Gasteiger partial charge on any atom is -0.494 e. The van der Waals surface area contributed by atoms with Gasteiger partial charge in [-0.3, -0.25) is 0 Å². The lowest BCUT2D eigenvalue weighted by atomic mass is 10.2. The van der Waals surface area contributed by atoms with Crippen LogP contribution in [0.4, 0.5) is 23.1 Å². The third kappa shape index (κ3) is 4.64. The van der Waals surface area contributed by atoms with Gasteiger partial charge in [0.1, 0.15) is 11.6 Å². The molecule has 1 aromatic heterocycles. The number of rotatable bonds is 6. The number of nitrogens with zero attached hydrogens (tertiary/aromatic N) is 2. The Morgan fingerprint density at radius 1 is 0.962 bits per heavy atom. The number of anilines is 4. The summed E-state index contributed by atoms with van der Waals surface area (Å²) in [5.74, 6) is 2.09. The minimum absolute atomic E-state index is 0.531. The van der Waals surface area contributed by atoms with E-state index in [-0.39, 0.29) is 0 Å². The fraction of sp³-hybridized carbons (Fsp3) is 0.200. The van der Waals surface area contributed by atoms with Gasteiger partial charge in [0.2, 0.25) is 5.95 Å². The number of aryl methyl sites for hydroxylation is 2. The Morgan fingerprint density at radius 3 is 2.42 bits per heavy atom. The fourth-order valence-corrected chi connectivity index (χ4v) is 2.75. The predicted molar refractivity (Wildman–Crippen MR) is 107 cm³/mol. The van der Waals surface area contributed by atoms with E-state index < -0.39 is 0 Å². The molecule has 0 fully saturated rings. The molecule has 0 aliphatic heterocycles. The van der Waals surface area contributed by atoms with Crippen molar-refractivity contribution in [2.75, 3.05) is 17.2 Å². The fourth-order valence-electron chi connectivity index (χ4n) is 2.53. The summed E-state index contributed by atoms with van der Waals surface area (Å²) in [6, 6.07) is 15.3. The number of ether oxygens (including phenoxy) is 1. The highest BCUT2D eigenvalue weighted by atomic mass is 35.5. The van der Waals surface area contributed by atoms with Gasteiger partial charge in [0.25, 0.3) is 0 Å². The summed E-state index contributed by atoms with van der Waals surface area (Å²) >= 11 is 6.01. The molecule has 0 aliphatic rings. The van der Waals surface area contributed by atoms with Crippen LogP contribution in [0, 0.1) is 13.8 Å². The number of hydrogen-bond donors (Lipinski definition) is 2. The van der Waals surface area contributed by atoms with Crippen LogP contribution >= 0.6 is 11.6 Å². The first kappa shape index (κ1) is 18.0. The van der Waals surface area contributed by atoms with Gasteiger partial charge in [0.15, 0.2) is 0 Å². The molecule has 0 unspecified atom stereocenters. The van der Waals surface area contributed by atoms with Crippen LogP contribution in [0.5, 0.6) is 5.75 Å². The topological polar surface area (TPSA) is 59.1 Å². The molecule has 5 nitrogen and oxygen atoms in total. The molecule has 134 valence electrons. The van der Waals surface area contributed by atoms with Crippen molar-refractivity contribution >= 4 is 34.7 Å². The van der Waals surface area contributed by atoms with Crippen molar-refractivity contribution in [2.24, 2.45) is 0 Å². The maximum absolute atomic E-state index is 6.01. The highest BCUT2D eigenvalue weighted by Gasteiger charge is 2.06. The lowest BCUT2D eigenvalue weighted by Crippen LogP contribution is -2.03. The van der Waals surface area contributed by atoms with Crippen molar-refractivity contribution in [1.82, 2.24) is 9.97 Å². The zero-order chi connectivity index (χ0) is 18.5. The van der Waals surface area contributed by atoms with E-state index in [2.05, 4.69) is 20.6 Å². The van der Waals surface area contributed by atoms with E-state index in [0.717, 1.165) is 34.2 Å². The standard InChI is InChI=1S/C20H21ClN4O/c1-4-26-17-8-6-16(7-9-17)23-19-12-14(3)22-20(25-19)24-18-10-5-15(21)11-13(18)2/h5-12H,4H2,1-3H3,(H2,22,23,24,25). The van der Waals surface area contributed by atoms with Crippen LogP contribution in [0.25, 0.3) is 0 Å². The molecule has 1 heterocycles. The zero-order valence-corrected chi connectivity index (χ0v) is 15.8. The first-order valence-electron chi connectivity index (χ1n) is 8.42. The van der Waals surface area contributed by atoms with Crippen molar-refractivity contribution in [1.29, 1.82) is 0 Å². The molecule has 0 radical (unpaired) electrons. The van der Waals surface area contributed by atoms with E-state index >= 15 is 0 Å². The average Bonchev–Trinajstić information content (AvgIpc) is 2.59. The maximum Gasteiger partial charge on any atom is 0.229 e. The molecule has 26 heavy (non-hydrogen) atoms. The SMILES string of the molecule is CCOc1ccc(Nc2cc(C)nc(Nc3ccc(Cl)cc3C)n2)cc1. The zero-order valence-electron chi connectivity index (χ0n) is 15.0. The van der Waals surface area contributed by atoms with Crippen LogP contribution in [0.3, 0.4) is 0 Å². The minimum atomic E-state index is 0.531. The number of hydrogen-bond acceptors (Lipinski definition) is 5. The van der Waals surface area contributed by atoms with Crippen LogP contribution < -0.4 is 15.4 Å². The summed E-state index contributed by atoms with van der Waals surface area (Å²) in [4.78, 5) is 9.01. The van der Waals surface area contributed by atoms with E-state index in [1.165, 1.54) is 0 Å². The monoisotopic (exact) mass is 368 g/mol. The van der Waals surface area contributed by atoms with Gasteiger partial charge in [-0.25, -0.2) is 4.98 Å². The Morgan fingerprint density at radius 2 is 1.73 bits per heavy atom. The van der Waals surface area contributed by atoms with Crippen molar-refractivity contribution in [3.05, 3.63) is 64.8 Å². The van der Waals surface area contributed by atoms with Gasteiger partial charge < -0.3 is 15.4 Å². The van der Waals surface area contributed by atoms with Crippen molar-refractivity contribution in [3.8, 4) is 5.75 Å². The van der Waals surface area contributed by atoms with E-state index in [0.29, 0.717) is 17.6 Å². The first-order chi connectivity index (χ1) is 12.5. The number of nitrogens with one attached hydrogen (secondary N) is 2. The third-order valence-electron chi connectivity index (χ3n) is 3.73. The Hall–Kier alpha value is -2.79. The molecule has 0 saturated heterocycles. The number of benzene rings is 2. The van der Waals surface area contributed by atoms with Crippen molar-refractivity contribution in [3.63, 3.8) is 0 Å². The van der Waals surface area contributed by atoms with Gasteiger partial charge in [0.05, 0.1) is 6.61 Å². The number of aromatic nitrogens is 2. The Labute approximate surface area is 158 Å². The Balaban J connectivity index is 1.78. The average molecular weight is 369 g/mol. The van der Waals surface area contributed by atoms with E-state index in [9.17, 15) is 0 Å². The van der Waals surface area contributed by atoms with E-state index in [1.54, 1.807) is 0 Å². The van der Waals surface area contributed by atoms with Crippen LogP contribution in [-0.2, 0) is 0 Å². The smallest absolute Gasteiger partial charge is 0.229 e. The normalized spacial score (nSPS) is 10.5. The lowest BCUT2D eigenvalue weighted by Gasteiger charge is -2.12. The lowest BCUT2D eigenvalue weighted by molar-refractivity contribution is 0.340. The van der Waals surface area contributed by atoms with Gasteiger partial charge in [-0.1, -0.05) is 11.6 Å². The molecule has 3 aromatic rings. The van der Waals surface area contributed by atoms with Gasteiger partial charge in [-0.05, 0) is 68.8 Å². The second-order valence-electron chi connectivity index (χ2n) is 5.88. The molecule has 0 bridgehead atoms. The van der Waals surface area contributed by atoms with Crippen molar-refractivity contribution < 1.29 is 4.74 Å². The van der Waals surface area contributed by atoms with Gasteiger partial charge in [0, 0.05) is 28.2 Å². The van der Waals surface area contributed by atoms with Gasteiger partial charge in [-0.15, -0.1) is 0 Å². The third-order valence-corrected chi connectivity index (χ3v) is 3.96. The summed E-state index contributed by atoms with van der Waals surface area (Å²) in [6.07, 6.45) is 0.